The van der Waals surface area contributed by atoms with E-state index in [4.69, 9.17) is 26.4 Å². The molecule has 0 spiro atoms. The Kier molecular flexibility index (Phi) is 7.03. The molecule has 0 atom stereocenters. The van der Waals surface area contributed by atoms with Gasteiger partial charge in [0.05, 0.1) is 27.0 Å². The van der Waals surface area contributed by atoms with Crippen molar-refractivity contribution in [3.63, 3.8) is 0 Å². The van der Waals surface area contributed by atoms with Crippen LogP contribution in [0.25, 0.3) is 0 Å². The smallest absolute Gasteiger partial charge is 0.191 e. The Morgan fingerprint density at radius 1 is 1.08 bits per heavy atom. The lowest BCUT2D eigenvalue weighted by molar-refractivity contribution is 0.340. The van der Waals surface area contributed by atoms with E-state index in [0.717, 1.165) is 22.7 Å². The van der Waals surface area contributed by atoms with Gasteiger partial charge in [0.2, 0.25) is 0 Å². The Morgan fingerprint density at radius 2 is 1.80 bits per heavy atom. The fourth-order valence-corrected chi connectivity index (χ4v) is 2.23. The van der Waals surface area contributed by atoms with Crippen molar-refractivity contribution in [3.8, 4) is 17.2 Å². The lowest BCUT2D eigenvalue weighted by Crippen LogP contribution is -2.23. The summed E-state index contributed by atoms with van der Waals surface area (Å²) in [7, 11) is 3.21. The minimum atomic E-state index is 0.377. The van der Waals surface area contributed by atoms with E-state index in [9.17, 15) is 0 Å². The third kappa shape index (κ3) is 5.65. The molecule has 7 heteroatoms. The molecule has 0 bridgehead atoms. The number of benzene rings is 2. The number of rotatable bonds is 7. The van der Waals surface area contributed by atoms with Crippen molar-refractivity contribution in [1.29, 1.82) is 0 Å². The first-order valence-corrected chi connectivity index (χ1v) is 8.12. The Morgan fingerprint density at radius 3 is 2.44 bits per heavy atom. The third-order valence-corrected chi connectivity index (χ3v) is 3.42. The Hall–Kier alpha value is -2.80. The van der Waals surface area contributed by atoms with Crippen LogP contribution < -0.4 is 25.0 Å². The molecule has 25 heavy (non-hydrogen) atoms. The zero-order valence-corrected chi connectivity index (χ0v) is 15.2. The fraction of sp³-hybridized carbons (Fsp3) is 0.222. The number of thiocarbonyl (C=S) groups is 1. The quantitative estimate of drug-likeness (QED) is 0.449. The van der Waals surface area contributed by atoms with E-state index in [1.165, 1.54) is 0 Å². The number of nitrogens with one attached hydrogen (secondary N) is 2. The molecule has 0 heterocycles. The molecule has 6 nitrogen and oxygen atoms in total. The highest BCUT2D eigenvalue weighted by atomic mass is 32.1. The Labute approximate surface area is 152 Å². The summed E-state index contributed by atoms with van der Waals surface area (Å²) in [5, 5.41) is 7.55. The van der Waals surface area contributed by atoms with Crippen molar-refractivity contribution in [1.82, 2.24) is 5.43 Å². The second-order valence-corrected chi connectivity index (χ2v) is 5.30. The lowest BCUT2D eigenvalue weighted by atomic mass is 10.2. The molecular formula is C18H21N3O3S. The molecule has 0 radical (unpaired) electrons. The van der Waals surface area contributed by atoms with Crippen molar-refractivity contribution >= 4 is 29.2 Å². The number of ether oxygens (including phenoxy) is 3. The van der Waals surface area contributed by atoms with E-state index in [-0.39, 0.29) is 0 Å². The summed E-state index contributed by atoms with van der Waals surface area (Å²) >= 11 is 5.22. The van der Waals surface area contributed by atoms with Crippen molar-refractivity contribution < 1.29 is 14.2 Å². The van der Waals surface area contributed by atoms with E-state index in [1.54, 1.807) is 20.4 Å². The summed E-state index contributed by atoms with van der Waals surface area (Å²) < 4.78 is 15.9. The fourth-order valence-electron chi connectivity index (χ4n) is 2.06. The number of methoxy groups -OCH3 is 2. The molecule has 0 aliphatic heterocycles. The van der Waals surface area contributed by atoms with E-state index < -0.39 is 0 Å². The molecule has 0 saturated carbocycles. The van der Waals surface area contributed by atoms with Crippen LogP contribution in [0.15, 0.2) is 47.6 Å². The highest BCUT2D eigenvalue weighted by molar-refractivity contribution is 7.80. The van der Waals surface area contributed by atoms with Gasteiger partial charge in [0.15, 0.2) is 5.11 Å². The first kappa shape index (κ1) is 18.5. The second-order valence-electron chi connectivity index (χ2n) is 4.89. The van der Waals surface area contributed by atoms with Crippen molar-refractivity contribution in [2.75, 3.05) is 26.1 Å². The molecule has 0 aliphatic carbocycles. The average Bonchev–Trinajstić information content (AvgIpc) is 2.63. The molecule has 2 N–H and O–H groups in total. The van der Waals surface area contributed by atoms with Gasteiger partial charge in [-0.1, -0.05) is 0 Å². The maximum Gasteiger partial charge on any atom is 0.191 e. The van der Waals surface area contributed by atoms with E-state index in [1.807, 2.05) is 49.4 Å². The number of anilines is 1. The minimum absolute atomic E-state index is 0.377. The van der Waals surface area contributed by atoms with Gasteiger partial charge in [-0.25, -0.2) is 0 Å². The maximum absolute atomic E-state index is 5.40. The maximum atomic E-state index is 5.40. The number of hydrazone groups is 1. The van der Waals surface area contributed by atoms with Crippen LogP contribution in [-0.2, 0) is 0 Å². The van der Waals surface area contributed by atoms with Gasteiger partial charge >= 0.3 is 0 Å². The van der Waals surface area contributed by atoms with Gasteiger partial charge in [-0.2, -0.15) is 5.10 Å². The molecule has 0 fully saturated rings. The van der Waals surface area contributed by atoms with Gasteiger partial charge in [0, 0.05) is 11.3 Å². The molecule has 0 aromatic heterocycles. The summed E-state index contributed by atoms with van der Waals surface area (Å²) in [6.07, 6.45) is 1.62. The Balaban J connectivity index is 1.94. The summed E-state index contributed by atoms with van der Waals surface area (Å²) in [4.78, 5) is 0. The summed E-state index contributed by atoms with van der Waals surface area (Å²) in [6, 6.07) is 13.0. The van der Waals surface area contributed by atoms with E-state index in [2.05, 4.69) is 15.8 Å². The van der Waals surface area contributed by atoms with Crippen LogP contribution in [0.5, 0.6) is 17.2 Å². The normalized spacial score (nSPS) is 10.4. The van der Waals surface area contributed by atoms with Crippen LogP contribution >= 0.6 is 12.2 Å². The monoisotopic (exact) mass is 359 g/mol. The summed E-state index contributed by atoms with van der Waals surface area (Å²) in [6.45, 7) is 2.58. The zero-order valence-electron chi connectivity index (χ0n) is 14.4. The molecule has 132 valence electrons. The minimum Gasteiger partial charge on any atom is -0.497 e. The van der Waals surface area contributed by atoms with Crippen LogP contribution in [0.4, 0.5) is 5.69 Å². The van der Waals surface area contributed by atoms with Crippen LogP contribution in [0.2, 0.25) is 0 Å². The van der Waals surface area contributed by atoms with Gasteiger partial charge in [0.25, 0.3) is 0 Å². The zero-order chi connectivity index (χ0) is 18.1. The molecule has 0 saturated heterocycles. The largest absolute Gasteiger partial charge is 0.497 e. The van der Waals surface area contributed by atoms with Crippen molar-refractivity contribution in [3.05, 3.63) is 48.0 Å². The molecule has 0 aliphatic rings. The summed E-state index contributed by atoms with van der Waals surface area (Å²) in [5.74, 6) is 2.23. The topological polar surface area (TPSA) is 64.1 Å². The SMILES string of the molecule is CCOc1ccc(NC(=S)N/N=C\c2cc(OC)ccc2OC)cc1. The Bertz CT molecular complexity index is 733. The molecule has 2 aromatic carbocycles. The second kappa shape index (κ2) is 9.48. The predicted octanol–water partition coefficient (Wildman–Crippen LogP) is 3.42. The number of hydrogen-bond donors (Lipinski definition) is 2. The number of hydrogen-bond acceptors (Lipinski definition) is 5. The molecule has 0 unspecified atom stereocenters. The highest BCUT2D eigenvalue weighted by Crippen LogP contribution is 2.22. The molecule has 0 amide bonds. The van der Waals surface area contributed by atoms with Crippen LogP contribution in [0.1, 0.15) is 12.5 Å². The number of nitrogens with zero attached hydrogens (tertiary/aromatic N) is 1. The highest BCUT2D eigenvalue weighted by Gasteiger charge is 2.03. The van der Waals surface area contributed by atoms with E-state index in [0.29, 0.717) is 17.5 Å². The predicted molar refractivity (Wildman–Crippen MR) is 104 cm³/mol. The standard InChI is InChI=1S/C18H21N3O3S/c1-4-24-15-7-5-14(6-8-15)20-18(25)21-19-12-13-11-16(22-2)9-10-17(13)23-3/h5-12H,4H2,1-3H3,(H2,20,21,25)/b19-12-. The van der Waals surface area contributed by atoms with E-state index >= 15 is 0 Å². The van der Waals surface area contributed by atoms with Gasteiger partial charge in [0.1, 0.15) is 17.2 Å². The third-order valence-electron chi connectivity index (χ3n) is 3.23. The first-order chi connectivity index (χ1) is 12.2. The van der Waals surface area contributed by atoms with Crippen LogP contribution in [0.3, 0.4) is 0 Å². The summed E-state index contributed by atoms with van der Waals surface area (Å²) in [5.41, 5.74) is 4.39. The van der Waals surface area contributed by atoms with Gasteiger partial charge < -0.3 is 19.5 Å². The van der Waals surface area contributed by atoms with Crippen molar-refractivity contribution in [2.24, 2.45) is 5.10 Å². The average molecular weight is 359 g/mol. The van der Waals surface area contributed by atoms with Gasteiger partial charge in [-0.15, -0.1) is 0 Å². The molecular weight excluding hydrogens is 338 g/mol. The van der Waals surface area contributed by atoms with Gasteiger partial charge in [-0.05, 0) is 61.6 Å². The van der Waals surface area contributed by atoms with Crippen LogP contribution in [0, 0.1) is 0 Å². The first-order valence-electron chi connectivity index (χ1n) is 7.71. The van der Waals surface area contributed by atoms with Crippen molar-refractivity contribution in [2.45, 2.75) is 6.92 Å². The van der Waals surface area contributed by atoms with Crippen LogP contribution in [-0.4, -0.2) is 32.2 Å². The lowest BCUT2D eigenvalue weighted by Gasteiger charge is -2.09. The van der Waals surface area contributed by atoms with Gasteiger partial charge in [-0.3, -0.25) is 5.43 Å². The molecule has 2 rings (SSSR count). The molecule has 2 aromatic rings.